The van der Waals surface area contributed by atoms with Crippen molar-refractivity contribution in [2.45, 2.75) is 19.4 Å². The molecule has 0 unspecified atom stereocenters. The summed E-state index contributed by atoms with van der Waals surface area (Å²) in [5.41, 5.74) is 2.06. The van der Waals surface area contributed by atoms with Gasteiger partial charge in [-0.05, 0) is 43.0 Å². The Labute approximate surface area is 159 Å². The molecule has 26 heavy (non-hydrogen) atoms. The summed E-state index contributed by atoms with van der Waals surface area (Å²) in [5.74, 6) is 1.65. The number of nitrogens with zero attached hydrogens (tertiary/aromatic N) is 4. The molecule has 0 spiro atoms. The SMILES string of the molecule is CN=C(NCc1cnn(-c2ccc(Cl)cc2)c1)N(C)CCOCC1CC1. The van der Waals surface area contributed by atoms with E-state index >= 15 is 0 Å². The van der Waals surface area contributed by atoms with Crippen LogP contribution >= 0.6 is 11.6 Å². The zero-order chi connectivity index (χ0) is 18.4. The van der Waals surface area contributed by atoms with E-state index in [1.54, 1.807) is 7.05 Å². The average Bonchev–Trinajstić information content (AvgIpc) is 3.36. The number of guanidine groups is 1. The van der Waals surface area contributed by atoms with Crippen LogP contribution in [0, 0.1) is 5.92 Å². The minimum absolute atomic E-state index is 0.660. The molecule has 0 aliphatic heterocycles. The summed E-state index contributed by atoms with van der Waals surface area (Å²) in [4.78, 5) is 6.42. The van der Waals surface area contributed by atoms with Gasteiger partial charge in [-0.2, -0.15) is 5.10 Å². The summed E-state index contributed by atoms with van der Waals surface area (Å²) < 4.78 is 7.54. The lowest BCUT2D eigenvalue weighted by Crippen LogP contribution is -2.40. The van der Waals surface area contributed by atoms with Gasteiger partial charge in [0.2, 0.25) is 0 Å². The lowest BCUT2D eigenvalue weighted by Gasteiger charge is -2.21. The van der Waals surface area contributed by atoms with Crippen LogP contribution < -0.4 is 5.32 Å². The number of aliphatic imine (C=N–C) groups is 1. The number of benzene rings is 1. The minimum atomic E-state index is 0.660. The molecular formula is C19H26ClN5O. The first kappa shape index (κ1) is 18.7. The van der Waals surface area contributed by atoms with Gasteiger partial charge in [0.05, 0.1) is 18.5 Å². The van der Waals surface area contributed by atoms with Gasteiger partial charge in [-0.25, -0.2) is 4.68 Å². The van der Waals surface area contributed by atoms with Gasteiger partial charge < -0.3 is 15.0 Å². The molecule has 0 radical (unpaired) electrons. The number of ether oxygens (including phenoxy) is 1. The van der Waals surface area contributed by atoms with E-state index < -0.39 is 0 Å². The summed E-state index contributed by atoms with van der Waals surface area (Å²) in [5, 5.41) is 8.49. The molecule has 7 heteroatoms. The van der Waals surface area contributed by atoms with Crippen LogP contribution in [0.2, 0.25) is 5.02 Å². The molecular weight excluding hydrogens is 350 g/mol. The fourth-order valence-electron chi connectivity index (χ4n) is 2.59. The Morgan fingerprint density at radius 2 is 2.15 bits per heavy atom. The van der Waals surface area contributed by atoms with E-state index in [-0.39, 0.29) is 0 Å². The van der Waals surface area contributed by atoms with E-state index in [0.717, 1.165) is 47.9 Å². The number of hydrogen-bond acceptors (Lipinski definition) is 3. The second kappa shape index (κ2) is 9.05. The summed E-state index contributed by atoms with van der Waals surface area (Å²) in [7, 11) is 3.81. The Morgan fingerprint density at radius 3 is 2.85 bits per heavy atom. The van der Waals surface area contributed by atoms with E-state index in [1.165, 1.54) is 12.8 Å². The number of halogens is 1. The van der Waals surface area contributed by atoms with E-state index in [0.29, 0.717) is 6.54 Å². The maximum absolute atomic E-state index is 5.93. The van der Waals surface area contributed by atoms with Gasteiger partial charge in [-0.1, -0.05) is 11.6 Å². The minimum Gasteiger partial charge on any atom is -0.379 e. The van der Waals surface area contributed by atoms with Crippen LogP contribution in [0.3, 0.4) is 0 Å². The maximum Gasteiger partial charge on any atom is 0.193 e. The summed E-state index contributed by atoms with van der Waals surface area (Å²) in [6, 6.07) is 7.61. The normalized spacial score (nSPS) is 14.5. The summed E-state index contributed by atoms with van der Waals surface area (Å²) in [6.45, 7) is 3.09. The molecule has 1 aliphatic rings. The van der Waals surface area contributed by atoms with E-state index in [1.807, 2.05) is 48.4 Å². The van der Waals surface area contributed by atoms with Crippen LogP contribution in [0.1, 0.15) is 18.4 Å². The number of nitrogens with one attached hydrogen (secondary N) is 1. The van der Waals surface area contributed by atoms with Crippen molar-refractivity contribution in [2.24, 2.45) is 10.9 Å². The fourth-order valence-corrected chi connectivity index (χ4v) is 2.72. The molecule has 140 valence electrons. The number of likely N-dealkylation sites (N-methyl/N-ethyl adjacent to an activating group) is 1. The third-order valence-electron chi connectivity index (χ3n) is 4.37. The number of hydrogen-bond donors (Lipinski definition) is 1. The van der Waals surface area contributed by atoms with Crippen molar-refractivity contribution in [1.29, 1.82) is 0 Å². The molecule has 0 atom stereocenters. The van der Waals surface area contributed by atoms with Crippen molar-refractivity contribution in [3.8, 4) is 5.69 Å². The molecule has 1 saturated carbocycles. The Balaban J connectivity index is 1.46. The first-order valence-electron chi connectivity index (χ1n) is 8.94. The quantitative estimate of drug-likeness (QED) is 0.438. The molecule has 0 saturated heterocycles. The zero-order valence-corrected chi connectivity index (χ0v) is 16.1. The third kappa shape index (κ3) is 5.47. The van der Waals surface area contributed by atoms with Crippen molar-refractivity contribution < 1.29 is 4.74 Å². The van der Waals surface area contributed by atoms with Gasteiger partial charge in [0.25, 0.3) is 0 Å². The highest BCUT2D eigenvalue weighted by Gasteiger charge is 2.21. The highest BCUT2D eigenvalue weighted by atomic mass is 35.5. The predicted octanol–water partition coefficient (Wildman–Crippen LogP) is 2.96. The molecule has 1 aliphatic carbocycles. The van der Waals surface area contributed by atoms with Gasteiger partial charge in [-0.3, -0.25) is 4.99 Å². The molecule has 0 amide bonds. The predicted molar refractivity (Wildman–Crippen MR) is 105 cm³/mol. The lowest BCUT2D eigenvalue weighted by atomic mass is 10.3. The molecule has 2 aromatic rings. The van der Waals surface area contributed by atoms with Crippen LogP contribution in [-0.4, -0.2) is 54.5 Å². The first-order valence-corrected chi connectivity index (χ1v) is 9.32. The largest absolute Gasteiger partial charge is 0.379 e. The van der Waals surface area contributed by atoms with Crippen molar-refractivity contribution >= 4 is 17.6 Å². The van der Waals surface area contributed by atoms with Crippen molar-refractivity contribution in [3.63, 3.8) is 0 Å². The lowest BCUT2D eigenvalue weighted by molar-refractivity contribution is 0.115. The Morgan fingerprint density at radius 1 is 1.38 bits per heavy atom. The Kier molecular flexibility index (Phi) is 6.52. The van der Waals surface area contributed by atoms with Crippen molar-refractivity contribution in [1.82, 2.24) is 20.0 Å². The first-order chi connectivity index (χ1) is 12.7. The average molecular weight is 376 g/mol. The molecule has 1 aromatic carbocycles. The van der Waals surface area contributed by atoms with Crippen LogP contribution in [0.25, 0.3) is 5.69 Å². The molecule has 3 rings (SSSR count). The van der Waals surface area contributed by atoms with Gasteiger partial charge in [0.15, 0.2) is 5.96 Å². The highest BCUT2D eigenvalue weighted by Crippen LogP contribution is 2.28. The van der Waals surface area contributed by atoms with Crippen LogP contribution in [0.4, 0.5) is 0 Å². The summed E-state index contributed by atoms with van der Waals surface area (Å²) >= 11 is 5.93. The fraction of sp³-hybridized carbons (Fsp3) is 0.474. The second-order valence-corrected chi connectivity index (χ2v) is 7.05. The van der Waals surface area contributed by atoms with Gasteiger partial charge in [0, 0.05) is 50.6 Å². The van der Waals surface area contributed by atoms with Crippen molar-refractivity contribution in [2.75, 3.05) is 33.9 Å². The Bertz CT molecular complexity index is 724. The smallest absolute Gasteiger partial charge is 0.193 e. The molecule has 1 N–H and O–H groups in total. The van der Waals surface area contributed by atoms with Gasteiger partial charge >= 0.3 is 0 Å². The van der Waals surface area contributed by atoms with Gasteiger partial charge in [-0.15, -0.1) is 0 Å². The molecule has 1 heterocycles. The van der Waals surface area contributed by atoms with E-state index in [9.17, 15) is 0 Å². The molecule has 0 bridgehead atoms. The number of rotatable bonds is 8. The van der Waals surface area contributed by atoms with E-state index in [4.69, 9.17) is 16.3 Å². The van der Waals surface area contributed by atoms with Crippen molar-refractivity contribution in [3.05, 3.63) is 47.2 Å². The zero-order valence-electron chi connectivity index (χ0n) is 15.4. The maximum atomic E-state index is 5.93. The molecule has 6 nitrogen and oxygen atoms in total. The monoisotopic (exact) mass is 375 g/mol. The van der Waals surface area contributed by atoms with Gasteiger partial charge in [0.1, 0.15) is 0 Å². The number of aromatic nitrogens is 2. The van der Waals surface area contributed by atoms with Crippen LogP contribution in [0.15, 0.2) is 41.7 Å². The van der Waals surface area contributed by atoms with Crippen LogP contribution in [-0.2, 0) is 11.3 Å². The summed E-state index contributed by atoms with van der Waals surface area (Å²) in [6.07, 6.45) is 6.50. The standard InChI is InChI=1S/C19H26ClN5O/c1-21-19(24(2)9-10-26-14-15-3-4-15)22-11-16-12-23-25(13-16)18-7-5-17(20)6-8-18/h5-8,12-13,15H,3-4,9-11,14H2,1-2H3,(H,21,22). The Hall–Kier alpha value is -2.05. The highest BCUT2D eigenvalue weighted by molar-refractivity contribution is 6.30. The van der Waals surface area contributed by atoms with Crippen LogP contribution in [0.5, 0.6) is 0 Å². The molecule has 1 fully saturated rings. The third-order valence-corrected chi connectivity index (χ3v) is 4.62. The second-order valence-electron chi connectivity index (χ2n) is 6.61. The van der Waals surface area contributed by atoms with E-state index in [2.05, 4.69) is 20.3 Å². The molecule has 1 aromatic heterocycles. The topological polar surface area (TPSA) is 54.7 Å².